The fourth-order valence-corrected chi connectivity index (χ4v) is 0.819. The molecule has 0 aromatic carbocycles. The number of nitrogens with zero attached hydrogens (tertiary/aromatic N) is 3. The third-order valence-electron chi connectivity index (χ3n) is 1.47. The normalized spacial score (nSPS) is 9.83. The molecule has 0 saturated carbocycles. The topological polar surface area (TPSA) is 75.3 Å². The van der Waals surface area contributed by atoms with Gasteiger partial charge in [0.25, 0.3) is 0 Å². The molecule has 1 aromatic rings. The number of aliphatic hydroxyl groups excluding tert-OH is 1. The van der Waals surface area contributed by atoms with Gasteiger partial charge in [-0.25, -0.2) is 4.98 Å². The van der Waals surface area contributed by atoms with E-state index in [2.05, 4.69) is 9.97 Å². The Morgan fingerprint density at radius 1 is 1.58 bits per heavy atom. The van der Waals surface area contributed by atoms with E-state index in [1.807, 2.05) is 7.05 Å². The van der Waals surface area contributed by atoms with Crippen molar-refractivity contribution < 1.29 is 5.11 Å². The zero-order valence-electron chi connectivity index (χ0n) is 6.94. The van der Waals surface area contributed by atoms with Gasteiger partial charge in [-0.3, -0.25) is 4.98 Å². The minimum Gasteiger partial charge on any atom is -0.395 e. The summed E-state index contributed by atoms with van der Waals surface area (Å²) in [5, 5.41) is 8.65. The Kier molecular flexibility index (Phi) is 2.82. The zero-order chi connectivity index (χ0) is 8.97. The Morgan fingerprint density at radius 3 is 2.92 bits per heavy atom. The van der Waals surface area contributed by atoms with Gasteiger partial charge in [-0.05, 0) is 0 Å². The number of likely N-dealkylation sites (N-methyl/N-ethyl adjacent to an activating group) is 1. The van der Waals surface area contributed by atoms with Crippen LogP contribution in [0.25, 0.3) is 0 Å². The zero-order valence-corrected chi connectivity index (χ0v) is 6.94. The Balaban J connectivity index is 2.73. The standard InChI is InChI=1S/C7H12N4O/c1-11(2-3-12)7-5-9-4-6(8)10-7/h4-5,12H,2-3H2,1H3,(H2,8,10). The summed E-state index contributed by atoms with van der Waals surface area (Å²) in [6.07, 6.45) is 3.09. The van der Waals surface area contributed by atoms with Gasteiger partial charge in [-0.15, -0.1) is 0 Å². The lowest BCUT2D eigenvalue weighted by Gasteiger charge is -2.15. The Labute approximate surface area is 70.9 Å². The Bertz CT molecular complexity index is 253. The minimum absolute atomic E-state index is 0.0903. The van der Waals surface area contributed by atoms with E-state index < -0.39 is 0 Å². The smallest absolute Gasteiger partial charge is 0.149 e. The summed E-state index contributed by atoms with van der Waals surface area (Å²) >= 11 is 0. The van der Waals surface area contributed by atoms with Gasteiger partial charge in [0.15, 0.2) is 0 Å². The van der Waals surface area contributed by atoms with E-state index in [1.54, 1.807) is 11.1 Å². The van der Waals surface area contributed by atoms with Gasteiger partial charge in [0.1, 0.15) is 11.6 Å². The maximum atomic E-state index is 8.65. The van der Waals surface area contributed by atoms with Crippen molar-refractivity contribution >= 4 is 11.6 Å². The molecule has 0 fully saturated rings. The van der Waals surface area contributed by atoms with Gasteiger partial charge in [0.2, 0.25) is 0 Å². The van der Waals surface area contributed by atoms with Gasteiger partial charge in [0.05, 0.1) is 19.0 Å². The first kappa shape index (κ1) is 8.73. The van der Waals surface area contributed by atoms with Crippen LogP contribution in [-0.4, -0.2) is 35.3 Å². The van der Waals surface area contributed by atoms with Crippen LogP contribution in [0.1, 0.15) is 0 Å². The van der Waals surface area contributed by atoms with E-state index in [-0.39, 0.29) is 6.61 Å². The van der Waals surface area contributed by atoms with Gasteiger partial charge in [-0.2, -0.15) is 0 Å². The maximum Gasteiger partial charge on any atom is 0.149 e. The van der Waals surface area contributed by atoms with Crippen LogP contribution in [0.3, 0.4) is 0 Å². The summed E-state index contributed by atoms with van der Waals surface area (Å²) in [5.41, 5.74) is 5.43. The molecule has 12 heavy (non-hydrogen) atoms. The Morgan fingerprint density at radius 2 is 2.33 bits per heavy atom. The number of nitrogens with two attached hydrogens (primary N) is 1. The highest BCUT2D eigenvalue weighted by molar-refractivity contribution is 5.40. The van der Waals surface area contributed by atoms with Crippen molar-refractivity contribution in [3.63, 3.8) is 0 Å². The van der Waals surface area contributed by atoms with Crippen LogP contribution in [0.4, 0.5) is 11.6 Å². The highest BCUT2D eigenvalue weighted by atomic mass is 16.3. The molecule has 1 aromatic heterocycles. The molecule has 0 aliphatic rings. The van der Waals surface area contributed by atoms with Crippen LogP contribution in [0.5, 0.6) is 0 Å². The van der Waals surface area contributed by atoms with Crippen molar-refractivity contribution in [2.24, 2.45) is 0 Å². The van der Waals surface area contributed by atoms with E-state index >= 15 is 0 Å². The molecule has 0 amide bonds. The number of anilines is 2. The average Bonchev–Trinajstić information content (AvgIpc) is 2.05. The van der Waals surface area contributed by atoms with E-state index in [1.165, 1.54) is 6.20 Å². The SMILES string of the molecule is CN(CCO)c1cncc(N)n1. The van der Waals surface area contributed by atoms with Crippen molar-refractivity contribution in [3.8, 4) is 0 Å². The second kappa shape index (κ2) is 3.87. The van der Waals surface area contributed by atoms with Crippen molar-refractivity contribution in [1.29, 1.82) is 0 Å². The maximum absolute atomic E-state index is 8.65. The van der Waals surface area contributed by atoms with Gasteiger partial charge < -0.3 is 15.7 Å². The number of rotatable bonds is 3. The second-order valence-electron chi connectivity index (χ2n) is 2.45. The fraction of sp³-hybridized carbons (Fsp3) is 0.429. The van der Waals surface area contributed by atoms with E-state index in [4.69, 9.17) is 10.8 Å². The lowest BCUT2D eigenvalue weighted by atomic mass is 10.5. The number of nitrogen functional groups attached to an aromatic ring is 1. The molecule has 5 heteroatoms. The summed E-state index contributed by atoms with van der Waals surface area (Å²) in [6, 6.07) is 0. The summed E-state index contributed by atoms with van der Waals surface area (Å²) in [7, 11) is 1.82. The minimum atomic E-state index is 0.0903. The molecule has 0 bridgehead atoms. The Hall–Kier alpha value is -1.36. The molecule has 3 N–H and O–H groups in total. The molecule has 0 spiro atoms. The van der Waals surface area contributed by atoms with Crippen molar-refractivity contribution in [2.45, 2.75) is 0 Å². The molecule has 0 atom stereocenters. The van der Waals surface area contributed by atoms with Crippen molar-refractivity contribution in [2.75, 3.05) is 30.8 Å². The number of aromatic nitrogens is 2. The van der Waals surface area contributed by atoms with Gasteiger partial charge >= 0.3 is 0 Å². The lowest BCUT2D eigenvalue weighted by molar-refractivity contribution is 0.304. The molecule has 0 radical (unpaired) electrons. The quantitative estimate of drug-likeness (QED) is 0.635. The van der Waals surface area contributed by atoms with Crippen LogP contribution in [0.2, 0.25) is 0 Å². The molecular weight excluding hydrogens is 156 g/mol. The predicted molar refractivity (Wildman–Crippen MR) is 46.8 cm³/mol. The van der Waals surface area contributed by atoms with Gasteiger partial charge in [-0.1, -0.05) is 0 Å². The third-order valence-corrected chi connectivity index (χ3v) is 1.47. The first-order valence-electron chi connectivity index (χ1n) is 3.63. The van der Waals surface area contributed by atoms with Crippen LogP contribution < -0.4 is 10.6 Å². The molecule has 1 rings (SSSR count). The first-order chi connectivity index (χ1) is 5.74. The summed E-state index contributed by atoms with van der Waals surface area (Å²) in [5.74, 6) is 1.06. The summed E-state index contributed by atoms with van der Waals surface area (Å²) in [4.78, 5) is 9.68. The highest BCUT2D eigenvalue weighted by Gasteiger charge is 2.01. The van der Waals surface area contributed by atoms with E-state index in [0.29, 0.717) is 18.2 Å². The largest absolute Gasteiger partial charge is 0.395 e. The molecule has 0 aliphatic carbocycles. The third kappa shape index (κ3) is 2.06. The first-order valence-corrected chi connectivity index (χ1v) is 3.63. The van der Waals surface area contributed by atoms with Crippen molar-refractivity contribution in [3.05, 3.63) is 12.4 Å². The summed E-state index contributed by atoms with van der Waals surface area (Å²) in [6.45, 7) is 0.616. The van der Waals surface area contributed by atoms with Gasteiger partial charge in [0, 0.05) is 13.6 Å². The monoisotopic (exact) mass is 168 g/mol. The number of hydrogen-bond donors (Lipinski definition) is 2. The summed E-state index contributed by atoms with van der Waals surface area (Å²) < 4.78 is 0. The predicted octanol–water partition coefficient (Wildman–Crippen LogP) is -0.513. The van der Waals surface area contributed by atoms with Crippen LogP contribution in [0.15, 0.2) is 12.4 Å². The van der Waals surface area contributed by atoms with Crippen LogP contribution in [0, 0.1) is 0 Å². The second-order valence-corrected chi connectivity index (χ2v) is 2.45. The fourth-order valence-electron chi connectivity index (χ4n) is 0.819. The highest BCUT2D eigenvalue weighted by Crippen LogP contribution is 2.07. The average molecular weight is 168 g/mol. The van der Waals surface area contributed by atoms with E-state index in [0.717, 1.165) is 0 Å². The molecule has 5 nitrogen and oxygen atoms in total. The number of aliphatic hydroxyl groups is 1. The molecule has 66 valence electrons. The van der Waals surface area contributed by atoms with Crippen molar-refractivity contribution in [1.82, 2.24) is 9.97 Å². The van der Waals surface area contributed by atoms with Crippen LogP contribution in [-0.2, 0) is 0 Å². The molecule has 1 heterocycles. The molecule has 0 saturated heterocycles. The molecule has 0 aliphatic heterocycles. The van der Waals surface area contributed by atoms with Crippen LogP contribution >= 0.6 is 0 Å². The number of hydrogen-bond acceptors (Lipinski definition) is 5. The lowest BCUT2D eigenvalue weighted by Crippen LogP contribution is -2.22. The molecular formula is C7H12N4O. The van der Waals surface area contributed by atoms with E-state index in [9.17, 15) is 0 Å². The molecule has 0 unspecified atom stereocenters.